The van der Waals surface area contributed by atoms with Crippen molar-refractivity contribution in [1.29, 1.82) is 0 Å². The number of rotatable bonds is 2. The fraction of sp³-hybridized carbons (Fsp3) is 0.375. The molecule has 2 nitrogen and oxygen atoms in total. The van der Waals surface area contributed by atoms with Crippen LogP contribution in [-0.2, 0) is 0 Å². The van der Waals surface area contributed by atoms with Gasteiger partial charge in [-0.2, -0.15) is 0 Å². The third kappa shape index (κ3) is 2.08. The standard InChI is InChI=1S/C16H21NO/c1-9-6-7-10(2)14(8-9)16(18)15-12(4)11(3)13(5)17-15/h6-8,16-18H,1-5H3. The van der Waals surface area contributed by atoms with E-state index in [4.69, 9.17) is 0 Å². The van der Waals surface area contributed by atoms with Crippen molar-refractivity contribution in [2.75, 3.05) is 0 Å². The Morgan fingerprint density at radius 1 is 1.00 bits per heavy atom. The molecule has 0 spiro atoms. The van der Waals surface area contributed by atoms with E-state index in [0.717, 1.165) is 28.1 Å². The fourth-order valence-corrected chi connectivity index (χ4v) is 2.36. The van der Waals surface area contributed by atoms with E-state index in [9.17, 15) is 5.11 Å². The second-order valence-electron chi connectivity index (χ2n) is 5.18. The topological polar surface area (TPSA) is 36.0 Å². The molecule has 0 fully saturated rings. The summed E-state index contributed by atoms with van der Waals surface area (Å²) >= 11 is 0. The van der Waals surface area contributed by atoms with Gasteiger partial charge in [-0.3, -0.25) is 0 Å². The van der Waals surface area contributed by atoms with E-state index in [1.807, 2.05) is 20.8 Å². The molecule has 0 aliphatic rings. The second-order valence-corrected chi connectivity index (χ2v) is 5.18. The monoisotopic (exact) mass is 243 g/mol. The van der Waals surface area contributed by atoms with Crippen molar-refractivity contribution in [2.45, 2.75) is 40.7 Å². The van der Waals surface area contributed by atoms with Crippen molar-refractivity contribution in [2.24, 2.45) is 0 Å². The Bertz CT molecular complexity index is 581. The summed E-state index contributed by atoms with van der Waals surface area (Å²) in [6.45, 7) is 10.3. The van der Waals surface area contributed by atoms with E-state index >= 15 is 0 Å². The molecule has 0 saturated heterocycles. The molecule has 2 N–H and O–H groups in total. The van der Waals surface area contributed by atoms with Crippen LogP contribution in [0.5, 0.6) is 0 Å². The molecule has 0 saturated carbocycles. The molecule has 0 bridgehead atoms. The first-order chi connectivity index (χ1) is 8.41. The van der Waals surface area contributed by atoms with Crippen LogP contribution in [0.4, 0.5) is 0 Å². The van der Waals surface area contributed by atoms with Crippen LogP contribution in [0.1, 0.15) is 45.3 Å². The molecule has 96 valence electrons. The summed E-state index contributed by atoms with van der Waals surface area (Å²) < 4.78 is 0. The Kier molecular flexibility index (Phi) is 3.31. The summed E-state index contributed by atoms with van der Waals surface area (Å²) in [5.41, 5.74) is 7.71. The highest BCUT2D eigenvalue weighted by Gasteiger charge is 2.19. The predicted molar refractivity (Wildman–Crippen MR) is 75.0 cm³/mol. The number of nitrogens with one attached hydrogen (secondary N) is 1. The number of aliphatic hydroxyl groups is 1. The molecule has 18 heavy (non-hydrogen) atoms. The highest BCUT2D eigenvalue weighted by molar-refractivity contribution is 5.42. The first kappa shape index (κ1) is 12.9. The van der Waals surface area contributed by atoms with Crippen LogP contribution in [0.15, 0.2) is 18.2 Å². The zero-order chi connectivity index (χ0) is 13.4. The molecule has 1 heterocycles. The van der Waals surface area contributed by atoms with E-state index in [1.54, 1.807) is 0 Å². The van der Waals surface area contributed by atoms with Crippen molar-refractivity contribution in [3.05, 3.63) is 57.4 Å². The zero-order valence-corrected chi connectivity index (χ0v) is 11.8. The lowest BCUT2D eigenvalue weighted by molar-refractivity contribution is 0.214. The Labute approximate surface area is 109 Å². The minimum atomic E-state index is -0.572. The van der Waals surface area contributed by atoms with Gasteiger partial charge in [0.25, 0.3) is 0 Å². The molecule has 0 radical (unpaired) electrons. The number of aromatic nitrogens is 1. The Balaban J connectivity index is 2.50. The lowest BCUT2D eigenvalue weighted by atomic mass is 9.97. The summed E-state index contributed by atoms with van der Waals surface area (Å²) in [6, 6.07) is 6.19. The summed E-state index contributed by atoms with van der Waals surface area (Å²) in [5, 5.41) is 10.6. The molecular formula is C16H21NO. The van der Waals surface area contributed by atoms with Gasteiger partial charge >= 0.3 is 0 Å². The SMILES string of the molecule is Cc1ccc(C)c(C(O)c2[nH]c(C)c(C)c2C)c1. The molecule has 0 aliphatic carbocycles. The highest BCUT2D eigenvalue weighted by atomic mass is 16.3. The first-order valence-corrected chi connectivity index (χ1v) is 6.32. The Morgan fingerprint density at radius 3 is 2.22 bits per heavy atom. The quantitative estimate of drug-likeness (QED) is 0.830. The normalized spacial score (nSPS) is 12.8. The van der Waals surface area contributed by atoms with E-state index in [2.05, 4.69) is 37.0 Å². The average molecular weight is 243 g/mol. The van der Waals surface area contributed by atoms with Crippen molar-refractivity contribution in [3.63, 3.8) is 0 Å². The third-order valence-electron chi connectivity index (χ3n) is 3.85. The van der Waals surface area contributed by atoms with Crippen LogP contribution in [0.3, 0.4) is 0 Å². The van der Waals surface area contributed by atoms with Gasteiger partial charge in [-0.1, -0.05) is 23.8 Å². The number of benzene rings is 1. The number of aryl methyl sites for hydroxylation is 3. The molecule has 1 aromatic heterocycles. The van der Waals surface area contributed by atoms with Gasteiger partial charge in [-0.05, 0) is 56.9 Å². The van der Waals surface area contributed by atoms with Gasteiger partial charge in [0.15, 0.2) is 0 Å². The number of hydrogen-bond acceptors (Lipinski definition) is 1. The summed E-state index contributed by atoms with van der Waals surface area (Å²) in [4.78, 5) is 3.31. The third-order valence-corrected chi connectivity index (χ3v) is 3.85. The van der Waals surface area contributed by atoms with Crippen molar-refractivity contribution in [3.8, 4) is 0 Å². The summed E-state index contributed by atoms with van der Waals surface area (Å²) in [7, 11) is 0. The van der Waals surface area contributed by atoms with E-state index in [-0.39, 0.29) is 0 Å². The lowest BCUT2D eigenvalue weighted by Gasteiger charge is -2.14. The minimum absolute atomic E-state index is 0.572. The Hall–Kier alpha value is -1.54. The van der Waals surface area contributed by atoms with Gasteiger partial charge in [0.05, 0.1) is 5.69 Å². The van der Waals surface area contributed by atoms with Gasteiger partial charge in [0.1, 0.15) is 6.10 Å². The van der Waals surface area contributed by atoms with Crippen LogP contribution >= 0.6 is 0 Å². The van der Waals surface area contributed by atoms with Crippen LogP contribution in [-0.4, -0.2) is 10.1 Å². The summed E-state index contributed by atoms with van der Waals surface area (Å²) in [6.07, 6.45) is -0.572. The van der Waals surface area contributed by atoms with Crippen LogP contribution in [0, 0.1) is 34.6 Å². The number of H-pyrrole nitrogens is 1. The van der Waals surface area contributed by atoms with Crippen molar-refractivity contribution >= 4 is 0 Å². The smallest absolute Gasteiger partial charge is 0.119 e. The van der Waals surface area contributed by atoms with Crippen molar-refractivity contribution < 1.29 is 5.11 Å². The largest absolute Gasteiger partial charge is 0.382 e. The predicted octanol–water partition coefficient (Wildman–Crippen LogP) is 3.64. The molecule has 2 aromatic rings. The van der Waals surface area contributed by atoms with E-state index in [1.165, 1.54) is 11.1 Å². The maximum atomic E-state index is 10.6. The minimum Gasteiger partial charge on any atom is -0.382 e. The van der Waals surface area contributed by atoms with Gasteiger partial charge in [-0.25, -0.2) is 0 Å². The van der Waals surface area contributed by atoms with E-state index in [0.29, 0.717) is 0 Å². The van der Waals surface area contributed by atoms with E-state index < -0.39 is 6.10 Å². The molecule has 2 heteroatoms. The number of aliphatic hydroxyl groups excluding tert-OH is 1. The zero-order valence-electron chi connectivity index (χ0n) is 11.8. The van der Waals surface area contributed by atoms with Gasteiger partial charge < -0.3 is 10.1 Å². The molecule has 1 aromatic carbocycles. The molecular weight excluding hydrogens is 222 g/mol. The average Bonchev–Trinajstić information content (AvgIpc) is 2.59. The van der Waals surface area contributed by atoms with Gasteiger partial charge in [0, 0.05) is 5.69 Å². The first-order valence-electron chi connectivity index (χ1n) is 6.32. The van der Waals surface area contributed by atoms with Gasteiger partial charge in [0.2, 0.25) is 0 Å². The fourth-order valence-electron chi connectivity index (χ4n) is 2.36. The molecule has 1 unspecified atom stereocenters. The van der Waals surface area contributed by atoms with Crippen molar-refractivity contribution in [1.82, 2.24) is 4.98 Å². The highest BCUT2D eigenvalue weighted by Crippen LogP contribution is 2.29. The lowest BCUT2D eigenvalue weighted by Crippen LogP contribution is -2.04. The second kappa shape index (κ2) is 4.62. The molecule has 2 rings (SSSR count). The van der Waals surface area contributed by atoms with Crippen LogP contribution in [0.2, 0.25) is 0 Å². The molecule has 0 aliphatic heterocycles. The number of hydrogen-bond donors (Lipinski definition) is 2. The van der Waals surface area contributed by atoms with Gasteiger partial charge in [-0.15, -0.1) is 0 Å². The number of aromatic amines is 1. The Morgan fingerprint density at radius 2 is 1.67 bits per heavy atom. The summed E-state index contributed by atoms with van der Waals surface area (Å²) in [5.74, 6) is 0. The maximum absolute atomic E-state index is 10.6. The van der Waals surface area contributed by atoms with Crippen LogP contribution in [0.25, 0.3) is 0 Å². The molecule has 1 atom stereocenters. The maximum Gasteiger partial charge on any atom is 0.119 e. The van der Waals surface area contributed by atoms with Crippen LogP contribution < -0.4 is 0 Å². The molecule has 0 amide bonds.